The maximum atomic E-state index is 13.3. The van der Waals surface area contributed by atoms with Crippen molar-refractivity contribution in [3.05, 3.63) is 35.6 Å². The van der Waals surface area contributed by atoms with Crippen molar-refractivity contribution >= 4 is 0 Å². The molecule has 0 radical (unpaired) electrons. The Balaban J connectivity index is 2.25. The number of nitrogens with two attached hydrogens (primary N) is 1. The third-order valence-corrected chi connectivity index (χ3v) is 3.63. The van der Waals surface area contributed by atoms with E-state index in [1.807, 2.05) is 6.07 Å². The van der Waals surface area contributed by atoms with Crippen LogP contribution in [0.2, 0.25) is 0 Å². The largest absolute Gasteiger partial charge is 0.326 e. The first-order valence-corrected chi connectivity index (χ1v) is 6.36. The highest BCUT2D eigenvalue weighted by molar-refractivity contribution is 5.22. The van der Waals surface area contributed by atoms with E-state index in [4.69, 9.17) is 5.73 Å². The highest BCUT2D eigenvalue weighted by Gasteiger charge is 2.34. The molecule has 2 atom stereocenters. The number of likely N-dealkylation sites (N-methyl/N-ethyl adjacent to an activating group) is 1. The van der Waals surface area contributed by atoms with Gasteiger partial charge in [0.1, 0.15) is 5.82 Å². The molecule has 1 aliphatic carbocycles. The second-order valence-electron chi connectivity index (χ2n) is 4.97. The topological polar surface area (TPSA) is 29.3 Å². The Kier molecular flexibility index (Phi) is 3.79. The van der Waals surface area contributed by atoms with E-state index in [2.05, 4.69) is 18.9 Å². The van der Waals surface area contributed by atoms with Gasteiger partial charge in [-0.3, -0.25) is 4.90 Å². The van der Waals surface area contributed by atoms with Crippen molar-refractivity contribution in [3.63, 3.8) is 0 Å². The van der Waals surface area contributed by atoms with E-state index in [1.165, 1.54) is 18.9 Å². The molecular weight excluding hydrogens is 215 g/mol. The van der Waals surface area contributed by atoms with Crippen LogP contribution in [0.15, 0.2) is 24.3 Å². The Hall–Kier alpha value is -0.930. The van der Waals surface area contributed by atoms with E-state index in [-0.39, 0.29) is 17.9 Å². The molecule has 0 spiro atoms. The van der Waals surface area contributed by atoms with Crippen LogP contribution in [-0.2, 0) is 0 Å². The highest BCUT2D eigenvalue weighted by Crippen LogP contribution is 2.34. The number of rotatable bonds is 5. The van der Waals surface area contributed by atoms with Crippen LogP contribution in [0.5, 0.6) is 0 Å². The highest BCUT2D eigenvalue weighted by atomic mass is 19.1. The average Bonchev–Trinajstić information content (AvgIpc) is 3.13. The van der Waals surface area contributed by atoms with E-state index in [9.17, 15) is 4.39 Å². The van der Waals surface area contributed by atoms with Crippen molar-refractivity contribution in [2.75, 3.05) is 7.05 Å². The molecule has 2 unspecified atom stereocenters. The molecule has 2 nitrogen and oxygen atoms in total. The van der Waals surface area contributed by atoms with Gasteiger partial charge < -0.3 is 5.73 Å². The number of hydrogen-bond acceptors (Lipinski definition) is 2. The minimum absolute atomic E-state index is 0.0578. The third-order valence-electron chi connectivity index (χ3n) is 3.63. The Morgan fingerprint density at radius 1 is 1.47 bits per heavy atom. The van der Waals surface area contributed by atoms with Gasteiger partial charge in [-0.15, -0.1) is 0 Å². The van der Waals surface area contributed by atoms with Gasteiger partial charge in [0.2, 0.25) is 0 Å². The molecule has 0 amide bonds. The normalized spacial score (nSPS) is 19.4. The fourth-order valence-corrected chi connectivity index (χ4v) is 2.41. The van der Waals surface area contributed by atoms with Crippen molar-refractivity contribution < 1.29 is 4.39 Å². The lowest BCUT2D eigenvalue weighted by molar-refractivity contribution is 0.200. The van der Waals surface area contributed by atoms with Crippen molar-refractivity contribution in [2.45, 2.75) is 44.3 Å². The average molecular weight is 236 g/mol. The summed E-state index contributed by atoms with van der Waals surface area (Å²) >= 11 is 0. The summed E-state index contributed by atoms with van der Waals surface area (Å²) in [5.74, 6) is -0.181. The maximum absolute atomic E-state index is 13.3. The van der Waals surface area contributed by atoms with Crippen molar-refractivity contribution in [2.24, 2.45) is 5.73 Å². The first-order valence-electron chi connectivity index (χ1n) is 6.36. The lowest BCUT2D eigenvalue weighted by Gasteiger charge is -2.33. The zero-order valence-electron chi connectivity index (χ0n) is 10.6. The molecule has 1 aliphatic rings. The monoisotopic (exact) mass is 236 g/mol. The molecule has 94 valence electrons. The Bertz CT molecular complexity index is 376. The van der Waals surface area contributed by atoms with Crippen LogP contribution in [0.1, 0.15) is 37.8 Å². The van der Waals surface area contributed by atoms with E-state index >= 15 is 0 Å². The molecule has 1 saturated carbocycles. The Labute approximate surface area is 103 Å². The Morgan fingerprint density at radius 2 is 2.18 bits per heavy atom. The molecule has 17 heavy (non-hydrogen) atoms. The summed E-state index contributed by atoms with van der Waals surface area (Å²) < 4.78 is 13.3. The third kappa shape index (κ3) is 2.85. The molecule has 0 aliphatic heterocycles. The molecule has 3 heteroatoms. The first kappa shape index (κ1) is 12.5. The number of benzene rings is 1. The SMILES string of the molecule is CCC(N)C(c1cccc(F)c1)N(C)C1CC1. The lowest BCUT2D eigenvalue weighted by Crippen LogP contribution is -2.39. The van der Waals surface area contributed by atoms with Gasteiger partial charge in [-0.1, -0.05) is 19.1 Å². The van der Waals surface area contributed by atoms with E-state index in [0.717, 1.165) is 12.0 Å². The van der Waals surface area contributed by atoms with Gasteiger partial charge in [-0.2, -0.15) is 0 Å². The summed E-state index contributed by atoms with van der Waals surface area (Å²) in [4.78, 5) is 2.31. The molecule has 2 N–H and O–H groups in total. The molecule has 0 bridgehead atoms. The van der Waals surface area contributed by atoms with Crippen LogP contribution >= 0.6 is 0 Å². The van der Waals surface area contributed by atoms with Crippen LogP contribution in [0.4, 0.5) is 4.39 Å². The van der Waals surface area contributed by atoms with Crippen LogP contribution in [0.3, 0.4) is 0 Å². The molecule has 0 heterocycles. The van der Waals surface area contributed by atoms with E-state index < -0.39 is 0 Å². The van der Waals surface area contributed by atoms with Crippen LogP contribution in [-0.4, -0.2) is 24.0 Å². The van der Waals surface area contributed by atoms with Gasteiger partial charge in [0.05, 0.1) is 0 Å². The fraction of sp³-hybridized carbons (Fsp3) is 0.571. The zero-order valence-corrected chi connectivity index (χ0v) is 10.6. The summed E-state index contributed by atoms with van der Waals surface area (Å²) in [6.45, 7) is 2.08. The van der Waals surface area contributed by atoms with Gasteiger partial charge in [0, 0.05) is 18.1 Å². The summed E-state index contributed by atoms with van der Waals surface area (Å²) in [6, 6.07) is 7.64. The van der Waals surface area contributed by atoms with E-state index in [1.54, 1.807) is 12.1 Å². The smallest absolute Gasteiger partial charge is 0.123 e. The van der Waals surface area contributed by atoms with Gasteiger partial charge >= 0.3 is 0 Å². The molecular formula is C14H21FN2. The van der Waals surface area contributed by atoms with Gasteiger partial charge in [-0.05, 0) is 44.0 Å². The maximum Gasteiger partial charge on any atom is 0.123 e. The van der Waals surface area contributed by atoms with Crippen LogP contribution < -0.4 is 5.73 Å². The van der Waals surface area contributed by atoms with Gasteiger partial charge in [0.15, 0.2) is 0 Å². The Morgan fingerprint density at radius 3 is 2.71 bits per heavy atom. The molecule has 0 saturated heterocycles. The molecule has 1 aromatic carbocycles. The number of hydrogen-bond donors (Lipinski definition) is 1. The minimum Gasteiger partial charge on any atom is -0.326 e. The van der Waals surface area contributed by atoms with Gasteiger partial charge in [0.25, 0.3) is 0 Å². The van der Waals surface area contributed by atoms with Crippen molar-refractivity contribution in [1.29, 1.82) is 0 Å². The second-order valence-corrected chi connectivity index (χ2v) is 4.97. The predicted octanol–water partition coefficient (Wildman–Crippen LogP) is 2.70. The first-order chi connectivity index (χ1) is 8.13. The molecule has 2 rings (SSSR count). The standard InChI is InChI=1S/C14H21FN2/c1-3-13(16)14(17(2)12-7-8-12)10-5-4-6-11(15)9-10/h4-6,9,12-14H,3,7-8,16H2,1-2H3. The summed E-state index contributed by atoms with van der Waals surface area (Å²) in [7, 11) is 2.10. The number of halogens is 1. The van der Waals surface area contributed by atoms with Crippen molar-refractivity contribution in [1.82, 2.24) is 4.90 Å². The van der Waals surface area contributed by atoms with Gasteiger partial charge in [-0.25, -0.2) is 4.39 Å². The molecule has 1 aromatic rings. The van der Waals surface area contributed by atoms with E-state index in [0.29, 0.717) is 6.04 Å². The summed E-state index contributed by atoms with van der Waals surface area (Å²) in [6.07, 6.45) is 3.37. The predicted molar refractivity (Wildman–Crippen MR) is 68.2 cm³/mol. The lowest BCUT2D eigenvalue weighted by atomic mass is 9.96. The number of nitrogens with zero attached hydrogens (tertiary/aromatic N) is 1. The summed E-state index contributed by atoms with van der Waals surface area (Å²) in [5, 5.41) is 0. The second kappa shape index (κ2) is 5.15. The quantitative estimate of drug-likeness (QED) is 0.851. The zero-order chi connectivity index (χ0) is 12.4. The molecule has 1 fully saturated rings. The molecule has 0 aromatic heterocycles. The van der Waals surface area contributed by atoms with Crippen LogP contribution in [0.25, 0.3) is 0 Å². The minimum atomic E-state index is -0.181. The van der Waals surface area contributed by atoms with Crippen LogP contribution in [0, 0.1) is 5.82 Å². The fourth-order valence-electron chi connectivity index (χ4n) is 2.41. The summed E-state index contributed by atoms with van der Waals surface area (Å²) in [5.41, 5.74) is 7.20. The van der Waals surface area contributed by atoms with Crippen molar-refractivity contribution in [3.8, 4) is 0 Å².